The number of nitrogens with zero attached hydrogens (tertiary/aromatic N) is 2. The van der Waals surface area contributed by atoms with E-state index in [1.807, 2.05) is 66.2 Å². The number of fused-ring (bicyclic) bond motifs is 1. The van der Waals surface area contributed by atoms with E-state index in [0.717, 1.165) is 16.6 Å². The number of rotatable bonds is 7. The van der Waals surface area contributed by atoms with Gasteiger partial charge in [0.1, 0.15) is 11.3 Å². The Morgan fingerprint density at radius 1 is 1.10 bits per heavy atom. The molecule has 0 saturated heterocycles. The first-order chi connectivity index (χ1) is 13.7. The van der Waals surface area contributed by atoms with E-state index in [9.17, 15) is 4.79 Å². The molecular formula is C23H27N3O3. The third kappa shape index (κ3) is 5.22. The predicted octanol–water partition coefficient (Wildman–Crippen LogP) is 4.79. The third-order valence-corrected chi connectivity index (χ3v) is 4.26. The molecule has 0 aliphatic rings. The molecule has 0 aliphatic heterocycles. The highest BCUT2D eigenvalue weighted by atomic mass is 16.6. The number of benzene rings is 2. The maximum absolute atomic E-state index is 12.0. The van der Waals surface area contributed by atoms with Crippen LogP contribution in [-0.2, 0) is 9.53 Å². The van der Waals surface area contributed by atoms with E-state index in [-0.39, 0.29) is 18.1 Å². The summed E-state index contributed by atoms with van der Waals surface area (Å²) in [5.41, 5.74) is 1.27. The summed E-state index contributed by atoms with van der Waals surface area (Å²) in [7, 11) is 0. The first kappa shape index (κ1) is 20.6. The van der Waals surface area contributed by atoms with Crippen molar-refractivity contribution in [3.63, 3.8) is 0 Å². The molecule has 152 valence electrons. The quantitative estimate of drug-likeness (QED) is 0.462. The fourth-order valence-electron chi connectivity index (χ4n) is 2.96. The molecule has 0 fully saturated rings. The van der Waals surface area contributed by atoms with E-state index in [0.29, 0.717) is 12.5 Å². The van der Waals surface area contributed by atoms with Crippen molar-refractivity contribution in [2.45, 2.75) is 39.7 Å². The largest absolute Gasteiger partial charge is 0.476 e. The Kier molecular flexibility index (Phi) is 6.01. The van der Waals surface area contributed by atoms with E-state index < -0.39 is 11.6 Å². The van der Waals surface area contributed by atoms with Gasteiger partial charge in [-0.05, 0) is 51.0 Å². The number of aromatic nitrogens is 2. The summed E-state index contributed by atoms with van der Waals surface area (Å²) in [6, 6.07) is 17.8. The SMILES string of the molecule is C[C@@H](COc1nn(-c2ccccc2)c2ccccc12)CC(=N)C(=O)OC(C)(C)C. The van der Waals surface area contributed by atoms with Gasteiger partial charge in [-0.1, -0.05) is 37.3 Å². The summed E-state index contributed by atoms with van der Waals surface area (Å²) in [4.78, 5) is 12.0. The lowest BCUT2D eigenvalue weighted by molar-refractivity contribution is -0.146. The molecule has 3 aromatic rings. The second-order valence-electron chi connectivity index (χ2n) is 8.17. The highest BCUT2D eigenvalue weighted by molar-refractivity contribution is 6.35. The van der Waals surface area contributed by atoms with Gasteiger partial charge in [-0.15, -0.1) is 5.10 Å². The predicted molar refractivity (Wildman–Crippen MR) is 114 cm³/mol. The lowest BCUT2D eigenvalue weighted by Crippen LogP contribution is -2.30. The van der Waals surface area contributed by atoms with Crippen LogP contribution in [0.2, 0.25) is 0 Å². The van der Waals surface area contributed by atoms with E-state index in [2.05, 4.69) is 5.10 Å². The number of carbonyl (C=O) groups is 1. The van der Waals surface area contributed by atoms with Crippen molar-refractivity contribution in [2.75, 3.05) is 6.61 Å². The van der Waals surface area contributed by atoms with Crippen molar-refractivity contribution in [3.8, 4) is 11.6 Å². The van der Waals surface area contributed by atoms with Crippen molar-refractivity contribution in [1.29, 1.82) is 5.41 Å². The molecule has 0 amide bonds. The van der Waals surface area contributed by atoms with Crippen LogP contribution in [0.1, 0.15) is 34.1 Å². The summed E-state index contributed by atoms with van der Waals surface area (Å²) < 4.78 is 13.1. The minimum atomic E-state index is -0.605. The molecule has 29 heavy (non-hydrogen) atoms. The van der Waals surface area contributed by atoms with Gasteiger partial charge in [0.05, 0.1) is 23.2 Å². The molecule has 1 atom stereocenters. The van der Waals surface area contributed by atoms with Crippen LogP contribution < -0.4 is 4.74 Å². The van der Waals surface area contributed by atoms with Gasteiger partial charge >= 0.3 is 5.97 Å². The average Bonchev–Trinajstić information content (AvgIpc) is 3.04. The monoisotopic (exact) mass is 393 g/mol. The van der Waals surface area contributed by atoms with Crippen LogP contribution in [0, 0.1) is 11.3 Å². The van der Waals surface area contributed by atoms with Gasteiger partial charge < -0.3 is 9.47 Å². The second-order valence-corrected chi connectivity index (χ2v) is 8.17. The van der Waals surface area contributed by atoms with Gasteiger partial charge in [0.2, 0.25) is 5.88 Å². The number of ether oxygens (including phenoxy) is 2. The van der Waals surface area contributed by atoms with E-state index in [4.69, 9.17) is 14.9 Å². The van der Waals surface area contributed by atoms with Crippen molar-refractivity contribution in [2.24, 2.45) is 5.92 Å². The Labute approximate surface area is 171 Å². The van der Waals surface area contributed by atoms with Crippen LogP contribution in [-0.4, -0.2) is 33.7 Å². The van der Waals surface area contributed by atoms with Crippen LogP contribution in [0.25, 0.3) is 16.6 Å². The average molecular weight is 393 g/mol. The van der Waals surface area contributed by atoms with Crippen LogP contribution in [0.5, 0.6) is 5.88 Å². The molecule has 1 N–H and O–H groups in total. The fourth-order valence-corrected chi connectivity index (χ4v) is 2.96. The molecule has 2 aromatic carbocycles. The molecule has 0 spiro atoms. The third-order valence-electron chi connectivity index (χ3n) is 4.26. The number of hydrogen-bond donors (Lipinski definition) is 1. The van der Waals surface area contributed by atoms with Crippen molar-refractivity contribution >= 4 is 22.6 Å². The Balaban J connectivity index is 1.70. The van der Waals surface area contributed by atoms with Crippen molar-refractivity contribution in [3.05, 3.63) is 54.6 Å². The molecule has 6 heteroatoms. The number of nitrogens with one attached hydrogen (secondary N) is 1. The minimum absolute atomic E-state index is 0.0318. The molecule has 0 radical (unpaired) electrons. The second kappa shape index (κ2) is 8.47. The van der Waals surface area contributed by atoms with Crippen LogP contribution in [0.4, 0.5) is 0 Å². The first-order valence-electron chi connectivity index (χ1n) is 9.71. The van der Waals surface area contributed by atoms with Gasteiger partial charge in [-0.25, -0.2) is 9.48 Å². The summed E-state index contributed by atoms with van der Waals surface area (Å²) in [5, 5.41) is 13.6. The zero-order valence-electron chi connectivity index (χ0n) is 17.3. The molecule has 6 nitrogen and oxygen atoms in total. The lowest BCUT2D eigenvalue weighted by Gasteiger charge is -2.20. The van der Waals surface area contributed by atoms with Gasteiger partial charge in [0.15, 0.2) is 0 Å². The smallest absolute Gasteiger partial charge is 0.352 e. The summed E-state index contributed by atoms with van der Waals surface area (Å²) in [6.07, 6.45) is 0.284. The Morgan fingerprint density at radius 3 is 2.45 bits per heavy atom. The number of para-hydroxylation sites is 2. The van der Waals surface area contributed by atoms with Gasteiger partial charge in [0, 0.05) is 6.42 Å². The van der Waals surface area contributed by atoms with Crippen LogP contribution >= 0.6 is 0 Å². The van der Waals surface area contributed by atoms with E-state index >= 15 is 0 Å². The maximum Gasteiger partial charge on any atom is 0.352 e. The molecule has 1 aromatic heterocycles. The molecule has 0 unspecified atom stereocenters. The highest BCUT2D eigenvalue weighted by Crippen LogP contribution is 2.27. The minimum Gasteiger partial charge on any atom is -0.476 e. The zero-order chi connectivity index (χ0) is 21.0. The van der Waals surface area contributed by atoms with Crippen LogP contribution in [0.3, 0.4) is 0 Å². The molecule has 0 aliphatic carbocycles. The summed E-state index contributed by atoms with van der Waals surface area (Å²) >= 11 is 0. The zero-order valence-corrected chi connectivity index (χ0v) is 17.3. The van der Waals surface area contributed by atoms with Gasteiger partial charge in [-0.3, -0.25) is 5.41 Å². The molecule has 3 rings (SSSR count). The Bertz CT molecular complexity index is 1000. The first-order valence-corrected chi connectivity index (χ1v) is 9.71. The molecule has 0 bridgehead atoms. The molecule has 1 heterocycles. The lowest BCUT2D eigenvalue weighted by atomic mass is 10.1. The van der Waals surface area contributed by atoms with E-state index in [1.54, 1.807) is 20.8 Å². The van der Waals surface area contributed by atoms with Crippen LogP contribution in [0.15, 0.2) is 54.6 Å². The standard InChI is InChI=1S/C23H27N3O3/c1-16(14-19(24)22(27)29-23(2,3)4)15-28-21-18-12-8-9-13-20(18)26(25-21)17-10-6-5-7-11-17/h5-13,16,24H,14-15H2,1-4H3/t16-/m1/s1. The molecule has 0 saturated carbocycles. The number of hydrogen-bond acceptors (Lipinski definition) is 5. The van der Waals surface area contributed by atoms with Gasteiger partial charge in [0.25, 0.3) is 0 Å². The van der Waals surface area contributed by atoms with Gasteiger partial charge in [-0.2, -0.15) is 0 Å². The van der Waals surface area contributed by atoms with Crippen molar-refractivity contribution in [1.82, 2.24) is 9.78 Å². The highest BCUT2D eigenvalue weighted by Gasteiger charge is 2.22. The Morgan fingerprint density at radius 2 is 1.76 bits per heavy atom. The fraction of sp³-hybridized carbons (Fsp3) is 0.348. The summed E-state index contributed by atoms with van der Waals surface area (Å²) in [5.74, 6) is -0.0705. The van der Waals surface area contributed by atoms with E-state index in [1.165, 1.54) is 0 Å². The normalized spacial score (nSPS) is 12.6. The maximum atomic E-state index is 12.0. The summed E-state index contributed by atoms with van der Waals surface area (Å²) in [6.45, 7) is 7.66. The Hall–Kier alpha value is -3.15. The van der Waals surface area contributed by atoms with Crippen molar-refractivity contribution < 1.29 is 14.3 Å². The molecular weight excluding hydrogens is 366 g/mol. The number of carbonyl (C=O) groups excluding carboxylic acids is 1. The number of esters is 1. The topological polar surface area (TPSA) is 77.2 Å².